The van der Waals surface area contributed by atoms with E-state index in [-0.39, 0.29) is 5.56 Å². The van der Waals surface area contributed by atoms with Crippen molar-refractivity contribution in [3.63, 3.8) is 0 Å². The lowest BCUT2D eigenvalue weighted by atomic mass is 10.0. The molecule has 0 radical (unpaired) electrons. The molecule has 1 heterocycles. The number of carbonyl (C=O) groups excluding carboxylic acids is 2. The maximum atomic E-state index is 11.6. The zero-order valence-electron chi connectivity index (χ0n) is 12.0. The molecule has 0 amide bonds. The fourth-order valence-corrected chi connectivity index (χ4v) is 2.64. The predicted octanol–water partition coefficient (Wildman–Crippen LogP) is 3.55. The van der Waals surface area contributed by atoms with Crippen molar-refractivity contribution in [3.05, 3.63) is 82.9 Å². The highest BCUT2D eigenvalue weighted by molar-refractivity contribution is 6.14. The molecule has 0 saturated carbocycles. The number of cyclic esters (lactones) is 2. The van der Waals surface area contributed by atoms with Gasteiger partial charge in [0.25, 0.3) is 0 Å². The second-order valence-corrected chi connectivity index (χ2v) is 5.21. The average Bonchev–Trinajstić information content (AvgIpc) is 2.87. The summed E-state index contributed by atoms with van der Waals surface area (Å²) in [5.74, 6) is 4.97. The first-order valence-electron chi connectivity index (χ1n) is 7.13. The van der Waals surface area contributed by atoms with Crippen LogP contribution in [0.4, 0.5) is 0 Å². The number of hydrogen-bond acceptors (Lipinski definition) is 3. The minimum Gasteiger partial charge on any atom is -0.386 e. The molecule has 0 aromatic heterocycles. The molecule has 0 saturated heterocycles. The van der Waals surface area contributed by atoms with Gasteiger partial charge in [-0.15, -0.1) is 0 Å². The lowest BCUT2D eigenvalue weighted by molar-refractivity contribution is 0.0444. The van der Waals surface area contributed by atoms with Crippen molar-refractivity contribution in [2.45, 2.75) is 0 Å². The van der Waals surface area contributed by atoms with Crippen LogP contribution in [0.3, 0.4) is 0 Å². The van der Waals surface area contributed by atoms with Gasteiger partial charge in [-0.1, -0.05) is 48.2 Å². The summed E-state index contributed by atoms with van der Waals surface area (Å²) in [6.07, 6.45) is 0. The summed E-state index contributed by atoms with van der Waals surface area (Å²) >= 11 is 0. The quantitative estimate of drug-likeness (QED) is 0.362. The molecule has 0 unspecified atom stereocenters. The smallest absolute Gasteiger partial charge is 0.346 e. The molecule has 3 heteroatoms. The molecular formula is C20H10O3. The SMILES string of the molecule is O=C1OC(=O)c2cc(C#Cc3cccc4ccccc34)ccc21. The van der Waals surface area contributed by atoms with Gasteiger partial charge in [0.2, 0.25) is 0 Å². The van der Waals surface area contributed by atoms with Crippen molar-refractivity contribution in [1.29, 1.82) is 0 Å². The van der Waals surface area contributed by atoms with Crippen LogP contribution in [-0.2, 0) is 4.74 Å². The van der Waals surface area contributed by atoms with Crippen LogP contribution in [0.2, 0.25) is 0 Å². The van der Waals surface area contributed by atoms with E-state index in [1.54, 1.807) is 18.2 Å². The minimum absolute atomic E-state index is 0.278. The van der Waals surface area contributed by atoms with Crippen LogP contribution in [0.1, 0.15) is 31.8 Å². The zero-order chi connectivity index (χ0) is 15.8. The Morgan fingerprint density at radius 1 is 0.739 bits per heavy atom. The first-order valence-corrected chi connectivity index (χ1v) is 7.13. The molecule has 0 aliphatic carbocycles. The standard InChI is InChI=1S/C20H10O3/c21-19-17-11-9-13(12-18(17)20(22)23-19)8-10-15-6-3-5-14-4-1-2-7-16(14)15/h1-7,9,11-12H. The first-order chi connectivity index (χ1) is 11.2. The van der Waals surface area contributed by atoms with Gasteiger partial charge >= 0.3 is 11.9 Å². The number of carbonyl (C=O) groups is 2. The number of benzene rings is 3. The molecule has 23 heavy (non-hydrogen) atoms. The van der Waals surface area contributed by atoms with E-state index in [2.05, 4.69) is 16.6 Å². The molecule has 1 aliphatic heterocycles. The molecule has 0 fully saturated rings. The van der Waals surface area contributed by atoms with Gasteiger partial charge in [-0.05, 0) is 35.0 Å². The molecule has 3 aromatic carbocycles. The third kappa shape index (κ3) is 2.27. The molecule has 0 atom stereocenters. The first kappa shape index (κ1) is 13.3. The summed E-state index contributed by atoms with van der Waals surface area (Å²) < 4.78 is 4.58. The van der Waals surface area contributed by atoms with Crippen LogP contribution in [0.25, 0.3) is 10.8 Å². The van der Waals surface area contributed by atoms with E-state index in [0.29, 0.717) is 11.1 Å². The normalized spacial score (nSPS) is 12.5. The maximum absolute atomic E-state index is 11.6. The molecule has 3 nitrogen and oxygen atoms in total. The van der Waals surface area contributed by atoms with Gasteiger partial charge < -0.3 is 4.74 Å². The van der Waals surface area contributed by atoms with E-state index < -0.39 is 11.9 Å². The lowest BCUT2D eigenvalue weighted by Crippen LogP contribution is -1.96. The van der Waals surface area contributed by atoms with Crippen molar-refractivity contribution >= 4 is 22.7 Å². The molecule has 4 rings (SSSR count). The van der Waals surface area contributed by atoms with Gasteiger partial charge in [-0.25, -0.2) is 9.59 Å². The van der Waals surface area contributed by atoms with Crippen LogP contribution < -0.4 is 0 Å². The van der Waals surface area contributed by atoms with Crippen molar-refractivity contribution in [2.24, 2.45) is 0 Å². The van der Waals surface area contributed by atoms with Crippen molar-refractivity contribution in [1.82, 2.24) is 0 Å². The Balaban J connectivity index is 1.78. The molecule has 0 spiro atoms. The highest BCUT2D eigenvalue weighted by atomic mass is 16.6. The van der Waals surface area contributed by atoms with Crippen LogP contribution in [-0.4, -0.2) is 11.9 Å². The molecule has 0 bridgehead atoms. The van der Waals surface area contributed by atoms with Gasteiger partial charge in [-0.3, -0.25) is 0 Å². The zero-order valence-corrected chi connectivity index (χ0v) is 12.0. The third-order valence-electron chi connectivity index (χ3n) is 3.78. The second-order valence-electron chi connectivity index (χ2n) is 5.21. The Labute approximate surface area is 132 Å². The van der Waals surface area contributed by atoms with E-state index in [4.69, 9.17) is 0 Å². The Kier molecular flexibility index (Phi) is 2.96. The lowest BCUT2D eigenvalue weighted by Gasteiger charge is -1.99. The van der Waals surface area contributed by atoms with Gasteiger partial charge in [0.05, 0.1) is 11.1 Å². The number of fused-ring (bicyclic) bond motifs is 2. The Morgan fingerprint density at radius 3 is 2.43 bits per heavy atom. The van der Waals surface area contributed by atoms with Gasteiger partial charge in [0, 0.05) is 11.1 Å². The summed E-state index contributed by atoms with van der Waals surface area (Å²) in [5, 5.41) is 2.21. The third-order valence-corrected chi connectivity index (χ3v) is 3.78. The number of hydrogen-bond donors (Lipinski definition) is 0. The summed E-state index contributed by atoms with van der Waals surface area (Å²) in [7, 11) is 0. The van der Waals surface area contributed by atoms with Crippen LogP contribution >= 0.6 is 0 Å². The van der Waals surface area contributed by atoms with Gasteiger partial charge in [0.15, 0.2) is 0 Å². The van der Waals surface area contributed by atoms with Crippen LogP contribution in [0.15, 0.2) is 60.7 Å². The van der Waals surface area contributed by atoms with E-state index >= 15 is 0 Å². The molecule has 0 N–H and O–H groups in total. The molecular weight excluding hydrogens is 288 g/mol. The van der Waals surface area contributed by atoms with Crippen LogP contribution in [0.5, 0.6) is 0 Å². The van der Waals surface area contributed by atoms with E-state index in [1.807, 2.05) is 42.5 Å². The fourth-order valence-electron chi connectivity index (χ4n) is 2.64. The number of esters is 2. The average molecular weight is 298 g/mol. The Morgan fingerprint density at radius 2 is 1.52 bits per heavy atom. The molecule has 108 valence electrons. The second kappa shape index (κ2) is 5.11. The van der Waals surface area contributed by atoms with Gasteiger partial charge in [0.1, 0.15) is 0 Å². The maximum Gasteiger partial charge on any atom is 0.346 e. The highest BCUT2D eigenvalue weighted by Crippen LogP contribution is 2.21. The summed E-state index contributed by atoms with van der Waals surface area (Å²) in [6.45, 7) is 0. The highest BCUT2D eigenvalue weighted by Gasteiger charge is 2.29. The Bertz CT molecular complexity index is 1030. The van der Waals surface area contributed by atoms with E-state index in [1.165, 1.54) is 0 Å². The van der Waals surface area contributed by atoms with E-state index in [9.17, 15) is 9.59 Å². The van der Waals surface area contributed by atoms with Crippen molar-refractivity contribution in [3.8, 4) is 11.8 Å². The topological polar surface area (TPSA) is 43.4 Å². The fraction of sp³-hybridized carbons (Fsp3) is 0. The number of rotatable bonds is 0. The molecule has 3 aromatic rings. The minimum atomic E-state index is -0.612. The van der Waals surface area contributed by atoms with Crippen LogP contribution in [0, 0.1) is 11.8 Å². The summed E-state index contributed by atoms with van der Waals surface area (Å²) in [4.78, 5) is 23.0. The number of ether oxygens (including phenoxy) is 1. The summed E-state index contributed by atoms with van der Waals surface area (Å²) in [5.41, 5.74) is 2.16. The Hall–Kier alpha value is -3.38. The van der Waals surface area contributed by atoms with Gasteiger partial charge in [-0.2, -0.15) is 0 Å². The largest absolute Gasteiger partial charge is 0.386 e. The van der Waals surface area contributed by atoms with Crippen molar-refractivity contribution < 1.29 is 14.3 Å². The predicted molar refractivity (Wildman–Crippen MR) is 86.1 cm³/mol. The monoisotopic (exact) mass is 298 g/mol. The van der Waals surface area contributed by atoms with E-state index in [0.717, 1.165) is 16.3 Å². The van der Waals surface area contributed by atoms with Crippen molar-refractivity contribution in [2.75, 3.05) is 0 Å². The molecule has 1 aliphatic rings. The summed E-state index contributed by atoms with van der Waals surface area (Å²) in [6, 6.07) is 18.9.